The minimum Gasteiger partial charge on any atom is -0.396 e. The first kappa shape index (κ1) is 16.1. The third-order valence-corrected chi connectivity index (χ3v) is 4.99. The second-order valence-electron chi connectivity index (χ2n) is 6.98. The van der Waals surface area contributed by atoms with Crippen molar-refractivity contribution in [2.75, 3.05) is 6.61 Å². The van der Waals surface area contributed by atoms with Crippen molar-refractivity contribution in [3.05, 3.63) is 23.0 Å². The highest BCUT2D eigenvalue weighted by Crippen LogP contribution is 2.37. The van der Waals surface area contributed by atoms with Crippen LogP contribution in [0, 0.1) is 19.3 Å². The molecule has 1 amide bonds. The lowest BCUT2D eigenvalue weighted by Crippen LogP contribution is -2.44. The molecular weight excluding hydrogens is 264 g/mol. The summed E-state index contributed by atoms with van der Waals surface area (Å²) in [6.45, 7) is 10.5. The van der Waals surface area contributed by atoms with Crippen LogP contribution in [0.5, 0.6) is 0 Å². The van der Waals surface area contributed by atoms with E-state index in [1.54, 1.807) is 0 Å². The normalized spacial score (nSPS) is 25.6. The van der Waals surface area contributed by atoms with Gasteiger partial charge in [-0.1, -0.05) is 13.3 Å². The number of aliphatic hydroxyl groups is 1. The third-order valence-electron chi connectivity index (χ3n) is 4.99. The highest BCUT2D eigenvalue weighted by atomic mass is 16.3. The Labute approximate surface area is 127 Å². The van der Waals surface area contributed by atoms with Crippen molar-refractivity contribution >= 4 is 5.91 Å². The molecule has 1 aliphatic carbocycles. The monoisotopic (exact) mass is 292 g/mol. The molecule has 0 saturated heterocycles. The van der Waals surface area contributed by atoms with Gasteiger partial charge in [0.05, 0.1) is 12.2 Å². The third kappa shape index (κ3) is 2.86. The Morgan fingerprint density at radius 2 is 2.19 bits per heavy atom. The molecule has 0 aliphatic heterocycles. The van der Waals surface area contributed by atoms with Crippen LogP contribution in [0.4, 0.5) is 0 Å². The fourth-order valence-electron chi connectivity index (χ4n) is 3.71. The fourth-order valence-corrected chi connectivity index (χ4v) is 3.71. The highest BCUT2D eigenvalue weighted by Gasteiger charge is 2.39. The number of rotatable bonds is 4. The van der Waals surface area contributed by atoms with Crippen LogP contribution < -0.4 is 5.32 Å². The maximum Gasteiger partial charge on any atom is 0.253 e. The first-order valence-corrected chi connectivity index (χ1v) is 7.90. The number of nitrogens with zero attached hydrogens (tertiary/aromatic N) is 1. The molecule has 2 unspecified atom stereocenters. The number of hydrogen-bond donors (Lipinski definition) is 2. The largest absolute Gasteiger partial charge is 0.396 e. The zero-order valence-corrected chi connectivity index (χ0v) is 13.9. The van der Waals surface area contributed by atoms with Crippen LogP contribution in [0.3, 0.4) is 0 Å². The predicted molar refractivity (Wildman–Crippen MR) is 84.6 cm³/mol. The van der Waals surface area contributed by atoms with E-state index in [1.165, 1.54) is 0 Å². The van der Waals surface area contributed by atoms with Gasteiger partial charge in [-0.15, -0.1) is 0 Å². The molecule has 1 aromatic heterocycles. The Morgan fingerprint density at radius 3 is 2.71 bits per heavy atom. The Hall–Kier alpha value is -1.29. The van der Waals surface area contributed by atoms with Gasteiger partial charge >= 0.3 is 0 Å². The standard InChI is InChI=1S/C17H28N2O2/c1-11(2)19-12(3)9-14(13(19)4)16(21)18-15-7-6-8-17(15,5)10-20/h9,11,15,20H,6-8,10H2,1-5H3,(H,18,21). The summed E-state index contributed by atoms with van der Waals surface area (Å²) in [4.78, 5) is 12.6. The zero-order valence-electron chi connectivity index (χ0n) is 13.9. The van der Waals surface area contributed by atoms with Crippen LogP contribution in [0.2, 0.25) is 0 Å². The Bertz CT molecular complexity index is 533. The van der Waals surface area contributed by atoms with Gasteiger partial charge in [0.25, 0.3) is 5.91 Å². The minimum absolute atomic E-state index is 0.0124. The summed E-state index contributed by atoms with van der Waals surface area (Å²) in [5, 5.41) is 12.7. The smallest absolute Gasteiger partial charge is 0.253 e. The average Bonchev–Trinajstić information content (AvgIpc) is 2.91. The van der Waals surface area contributed by atoms with Crippen LogP contribution in [0.15, 0.2) is 6.07 Å². The van der Waals surface area contributed by atoms with Crippen molar-refractivity contribution in [3.8, 4) is 0 Å². The number of aromatic nitrogens is 1. The number of carbonyl (C=O) groups is 1. The first-order valence-electron chi connectivity index (χ1n) is 7.90. The van der Waals surface area contributed by atoms with Crippen molar-refractivity contribution in [2.45, 2.75) is 66.0 Å². The molecule has 0 aromatic carbocycles. The van der Waals surface area contributed by atoms with E-state index in [-0.39, 0.29) is 24.0 Å². The van der Waals surface area contributed by atoms with Crippen molar-refractivity contribution < 1.29 is 9.90 Å². The number of amides is 1. The van der Waals surface area contributed by atoms with E-state index in [0.29, 0.717) is 6.04 Å². The molecule has 1 aliphatic rings. The van der Waals surface area contributed by atoms with Gasteiger partial charge in [-0.05, 0) is 46.6 Å². The topological polar surface area (TPSA) is 54.3 Å². The Kier molecular flexibility index (Phi) is 4.47. The molecule has 21 heavy (non-hydrogen) atoms. The van der Waals surface area contributed by atoms with Crippen LogP contribution in [0.1, 0.15) is 67.8 Å². The van der Waals surface area contributed by atoms with Gasteiger partial charge in [0.1, 0.15) is 0 Å². The van der Waals surface area contributed by atoms with Gasteiger partial charge in [0.2, 0.25) is 0 Å². The molecule has 118 valence electrons. The second kappa shape index (κ2) is 5.84. The van der Waals surface area contributed by atoms with Crippen molar-refractivity contribution in [1.82, 2.24) is 9.88 Å². The van der Waals surface area contributed by atoms with Crippen molar-refractivity contribution in [3.63, 3.8) is 0 Å². The molecule has 0 bridgehead atoms. The Balaban J connectivity index is 2.20. The van der Waals surface area contributed by atoms with Crippen LogP contribution in [0.25, 0.3) is 0 Å². The van der Waals surface area contributed by atoms with Crippen LogP contribution >= 0.6 is 0 Å². The summed E-state index contributed by atoms with van der Waals surface area (Å²) in [6.07, 6.45) is 2.98. The van der Waals surface area contributed by atoms with Crippen molar-refractivity contribution in [1.29, 1.82) is 0 Å². The lowest BCUT2D eigenvalue weighted by Gasteiger charge is -2.30. The summed E-state index contributed by atoms with van der Waals surface area (Å²) in [5.41, 5.74) is 2.71. The second-order valence-corrected chi connectivity index (χ2v) is 6.98. The molecule has 1 fully saturated rings. The summed E-state index contributed by atoms with van der Waals surface area (Å²) < 4.78 is 2.19. The molecule has 2 atom stereocenters. The number of aliphatic hydroxyl groups excluding tert-OH is 1. The minimum atomic E-state index is -0.181. The molecule has 2 N–H and O–H groups in total. The molecule has 0 spiro atoms. The van der Waals surface area contributed by atoms with Crippen LogP contribution in [-0.2, 0) is 0 Å². The number of hydrogen-bond acceptors (Lipinski definition) is 2. The summed E-state index contributed by atoms with van der Waals surface area (Å²) in [7, 11) is 0. The molecule has 2 rings (SSSR count). The highest BCUT2D eigenvalue weighted by molar-refractivity contribution is 5.96. The maximum atomic E-state index is 12.6. The van der Waals surface area contributed by atoms with E-state index in [2.05, 4.69) is 30.7 Å². The van der Waals surface area contributed by atoms with Crippen molar-refractivity contribution in [2.24, 2.45) is 5.41 Å². The van der Waals surface area contributed by atoms with Crippen LogP contribution in [-0.4, -0.2) is 28.2 Å². The first-order chi connectivity index (χ1) is 9.80. The van der Waals surface area contributed by atoms with E-state index in [0.717, 1.165) is 36.2 Å². The number of aryl methyl sites for hydroxylation is 1. The summed E-state index contributed by atoms with van der Waals surface area (Å²) in [6, 6.07) is 2.38. The molecule has 4 nitrogen and oxygen atoms in total. The van der Waals surface area contributed by atoms with E-state index in [1.807, 2.05) is 19.9 Å². The van der Waals surface area contributed by atoms with Gasteiger partial charge < -0.3 is 15.0 Å². The number of carbonyl (C=O) groups excluding carboxylic acids is 1. The average molecular weight is 292 g/mol. The molecule has 0 radical (unpaired) electrons. The molecule has 1 saturated carbocycles. The molecule has 1 aromatic rings. The SMILES string of the molecule is Cc1cc(C(=O)NC2CCCC2(C)CO)c(C)n1C(C)C. The Morgan fingerprint density at radius 1 is 1.52 bits per heavy atom. The van der Waals surface area contributed by atoms with E-state index in [4.69, 9.17) is 0 Å². The fraction of sp³-hybridized carbons (Fsp3) is 0.706. The van der Waals surface area contributed by atoms with E-state index in [9.17, 15) is 9.90 Å². The lowest BCUT2D eigenvalue weighted by molar-refractivity contribution is 0.0830. The molecule has 4 heteroatoms. The van der Waals surface area contributed by atoms with Gasteiger partial charge in [0.15, 0.2) is 0 Å². The summed E-state index contributed by atoms with van der Waals surface area (Å²) >= 11 is 0. The molecule has 1 heterocycles. The van der Waals surface area contributed by atoms with E-state index < -0.39 is 0 Å². The van der Waals surface area contributed by atoms with Gasteiger partial charge in [0, 0.05) is 28.9 Å². The lowest BCUT2D eigenvalue weighted by atomic mass is 9.85. The van der Waals surface area contributed by atoms with Gasteiger partial charge in [-0.3, -0.25) is 4.79 Å². The zero-order chi connectivity index (χ0) is 15.8. The summed E-state index contributed by atoms with van der Waals surface area (Å²) in [5.74, 6) is -0.0124. The quantitative estimate of drug-likeness (QED) is 0.896. The van der Waals surface area contributed by atoms with E-state index >= 15 is 0 Å². The predicted octanol–water partition coefficient (Wildman–Crippen LogP) is 2.97. The number of nitrogens with one attached hydrogen (secondary N) is 1. The molecular formula is C17H28N2O2. The van der Waals surface area contributed by atoms with Gasteiger partial charge in [-0.25, -0.2) is 0 Å². The van der Waals surface area contributed by atoms with Gasteiger partial charge in [-0.2, -0.15) is 0 Å². The maximum absolute atomic E-state index is 12.6.